The maximum Gasteiger partial charge on any atom is 0.0314 e. The molecule has 0 bridgehead atoms. The molecule has 0 amide bonds. The van der Waals surface area contributed by atoms with Gasteiger partial charge in [0.25, 0.3) is 0 Å². The zero-order valence-electron chi connectivity index (χ0n) is 12.1. The second-order valence-corrected chi connectivity index (χ2v) is 7.52. The van der Waals surface area contributed by atoms with Crippen LogP contribution in [-0.4, -0.2) is 0 Å². The van der Waals surface area contributed by atoms with Crippen molar-refractivity contribution in [2.75, 3.05) is 0 Å². The normalized spacial score (nSPS) is 12.5. The molecule has 0 radical (unpaired) electrons. The Labute approximate surface area is 134 Å². The van der Waals surface area contributed by atoms with Crippen LogP contribution in [0.15, 0.2) is 64.9 Å². The molecule has 20 heavy (non-hydrogen) atoms. The van der Waals surface area contributed by atoms with Gasteiger partial charge >= 0.3 is 0 Å². The van der Waals surface area contributed by atoms with E-state index in [1.54, 1.807) is 11.8 Å². The zero-order valence-corrected chi connectivity index (χ0v) is 14.5. The smallest absolute Gasteiger partial charge is 0.0314 e. The average Bonchev–Trinajstić information content (AvgIpc) is 2.45. The van der Waals surface area contributed by atoms with Gasteiger partial charge in [0.05, 0.1) is 0 Å². The first-order valence-electron chi connectivity index (χ1n) is 6.65. The summed E-state index contributed by atoms with van der Waals surface area (Å²) in [7, 11) is 0. The van der Waals surface area contributed by atoms with E-state index in [0.717, 1.165) is 4.48 Å². The number of rotatable bonds is 3. The van der Waals surface area contributed by atoms with Crippen molar-refractivity contribution in [2.45, 2.75) is 31.1 Å². The highest BCUT2D eigenvalue weighted by atomic mass is 79.9. The summed E-state index contributed by atoms with van der Waals surface area (Å²) < 4.78 is 1.11. The highest BCUT2D eigenvalue weighted by Crippen LogP contribution is 2.30. The molecule has 2 aromatic carbocycles. The van der Waals surface area contributed by atoms with Gasteiger partial charge in [-0.15, -0.1) is 0 Å². The maximum absolute atomic E-state index is 3.63. The summed E-state index contributed by atoms with van der Waals surface area (Å²) in [5, 5.41) is 2.14. The van der Waals surface area contributed by atoms with E-state index in [1.165, 1.54) is 16.0 Å². The van der Waals surface area contributed by atoms with Crippen molar-refractivity contribution in [1.29, 1.82) is 0 Å². The van der Waals surface area contributed by atoms with Crippen LogP contribution in [0.4, 0.5) is 0 Å². The summed E-state index contributed by atoms with van der Waals surface area (Å²) in [4.78, 5) is 1.26. The molecule has 0 saturated carbocycles. The van der Waals surface area contributed by atoms with E-state index in [4.69, 9.17) is 0 Å². The standard InChI is InChI=1S/C18H19BrS/c1-18(2,3)15-9-11-16(12-10-15)20-13-17(19)14-7-5-4-6-8-14/h4-13H,1-3H3/b17-13+. The molecule has 0 nitrogen and oxygen atoms in total. The molecule has 2 heteroatoms. The van der Waals surface area contributed by atoms with E-state index in [-0.39, 0.29) is 5.41 Å². The predicted molar refractivity (Wildman–Crippen MR) is 94.3 cm³/mol. The van der Waals surface area contributed by atoms with Crippen molar-refractivity contribution in [3.63, 3.8) is 0 Å². The van der Waals surface area contributed by atoms with Gasteiger partial charge in [-0.2, -0.15) is 0 Å². The topological polar surface area (TPSA) is 0 Å². The molecule has 0 saturated heterocycles. The van der Waals surface area contributed by atoms with E-state index in [1.807, 2.05) is 18.2 Å². The lowest BCUT2D eigenvalue weighted by atomic mass is 9.87. The third kappa shape index (κ3) is 4.26. The summed E-state index contributed by atoms with van der Waals surface area (Å²) in [6.45, 7) is 6.71. The van der Waals surface area contributed by atoms with E-state index >= 15 is 0 Å². The number of halogens is 1. The highest BCUT2D eigenvalue weighted by molar-refractivity contribution is 9.15. The van der Waals surface area contributed by atoms with Gasteiger partial charge in [-0.05, 0) is 50.0 Å². The van der Waals surface area contributed by atoms with Crippen LogP contribution in [0.25, 0.3) is 4.48 Å². The molecule has 0 N–H and O–H groups in total. The molecule has 104 valence electrons. The molecule has 0 aliphatic rings. The minimum absolute atomic E-state index is 0.212. The second kappa shape index (κ2) is 6.64. The zero-order chi connectivity index (χ0) is 14.6. The Bertz CT molecular complexity index is 577. The fourth-order valence-corrected chi connectivity index (χ4v) is 3.03. The van der Waals surface area contributed by atoms with Crippen LogP contribution in [0.5, 0.6) is 0 Å². The molecule has 0 spiro atoms. The fourth-order valence-electron chi connectivity index (χ4n) is 1.82. The van der Waals surface area contributed by atoms with Crippen molar-refractivity contribution in [3.05, 3.63) is 71.1 Å². The molecule has 0 fully saturated rings. The summed E-state index contributed by atoms with van der Waals surface area (Å²) in [6, 6.07) is 19.1. The Morgan fingerprint density at radius 2 is 1.55 bits per heavy atom. The molecule has 0 aliphatic heterocycles. The Morgan fingerprint density at radius 1 is 0.950 bits per heavy atom. The van der Waals surface area contributed by atoms with Crippen LogP contribution in [0.1, 0.15) is 31.9 Å². The Balaban J connectivity index is 2.08. The molecular formula is C18H19BrS. The van der Waals surface area contributed by atoms with Crippen LogP contribution >= 0.6 is 27.7 Å². The molecule has 0 aromatic heterocycles. The third-order valence-electron chi connectivity index (χ3n) is 3.07. The number of benzene rings is 2. The van der Waals surface area contributed by atoms with Gasteiger partial charge in [-0.1, -0.05) is 75.0 Å². The Kier molecular flexibility index (Phi) is 5.11. The minimum atomic E-state index is 0.212. The van der Waals surface area contributed by atoms with Crippen molar-refractivity contribution in [1.82, 2.24) is 0 Å². The van der Waals surface area contributed by atoms with Crippen LogP contribution < -0.4 is 0 Å². The molecule has 0 heterocycles. The summed E-state index contributed by atoms with van der Waals surface area (Å²) in [6.07, 6.45) is 0. The van der Waals surface area contributed by atoms with Crippen LogP contribution in [0, 0.1) is 0 Å². The van der Waals surface area contributed by atoms with E-state index in [9.17, 15) is 0 Å². The van der Waals surface area contributed by atoms with Crippen LogP contribution in [0.2, 0.25) is 0 Å². The summed E-state index contributed by atoms with van der Waals surface area (Å²) in [5.74, 6) is 0. The van der Waals surface area contributed by atoms with Crippen LogP contribution in [-0.2, 0) is 5.41 Å². The van der Waals surface area contributed by atoms with Gasteiger partial charge in [0, 0.05) is 9.38 Å². The molecular weight excluding hydrogens is 328 g/mol. The van der Waals surface area contributed by atoms with E-state index in [2.05, 4.69) is 78.5 Å². The number of hydrogen-bond acceptors (Lipinski definition) is 1. The lowest BCUT2D eigenvalue weighted by molar-refractivity contribution is 0.590. The van der Waals surface area contributed by atoms with E-state index in [0.29, 0.717) is 0 Å². The molecule has 2 aromatic rings. The van der Waals surface area contributed by atoms with Gasteiger partial charge in [0.2, 0.25) is 0 Å². The second-order valence-electron chi connectivity index (χ2n) is 5.72. The van der Waals surface area contributed by atoms with Gasteiger partial charge in [0.1, 0.15) is 0 Å². The largest absolute Gasteiger partial charge is 0.0969 e. The Hall–Kier alpha value is -0.990. The fraction of sp³-hybridized carbons (Fsp3) is 0.222. The first-order chi connectivity index (χ1) is 9.47. The first-order valence-corrected chi connectivity index (χ1v) is 8.32. The van der Waals surface area contributed by atoms with Crippen molar-refractivity contribution < 1.29 is 0 Å². The SMILES string of the molecule is CC(C)(C)c1ccc(S/C=C(/Br)c2ccccc2)cc1. The first kappa shape index (κ1) is 15.4. The molecule has 2 rings (SSSR count). The number of thioether (sulfide) groups is 1. The van der Waals surface area contributed by atoms with Gasteiger partial charge < -0.3 is 0 Å². The quantitative estimate of drug-likeness (QED) is 0.573. The van der Waals surface area contributed by atoms with Gasteiger partial charge in [-0.3, -0.25) is 0 Å². The van der Waals surface area contributed by atoms with E-state index < -0.39 is 0 Å². The van der Waals surface area contributed by atoms with Crippen LogP contribution in [0.3, 0.4) is 0 Å². The third-order valence-corrected chi connectivity index (χ3v) is 4.96. The molecule has 0 unspecified atom stereocenters. The number of hydrogen-bond donors (Lipinski definition) is 0. The predicted octanol–water partition coefficient (Wildman–Crippen LogP) is 6.47. The van der Waals surface area contributed by atoms with Crippen molar-refractivity contribution in [3.8, 4) is 0 Å². The summed E-state index contributed by atoms with van der Waals surface area (Å²) >= 11 is 5.36. The van der Waals surface area contributed by atoms with Crippen molar-refractivity contribution in [2.24, 2.45) is 0 Å². The highest BCUT2D eigenvalue weighted by Gasteiger charge is 2.12. The molecule has 0 atom stereocenters. The maximum atomic E-state index is 3.63. The van der Waals surface area contributed by atoms with Gasteiger partial charge in [-0.25, -0.2) is 0 Å². The molecule has 0 aliphatic carbocycles. The average molecular weight is 347 g/mol. The minimum Gasteiger partial charge on any atom is -0.0969 e. The van der Waals surface area contributed by atoms with Gasteiger partial charge in [0.15, 0.2) is 0 Å². The monoisotopic (exact) mass is 346 g/mol. The summed E-state index contributed by atoms with van der Waals surface area (Å²) in [5.41, 5.74) is 2.78. The Morgan fingerprint density at radius 3 is 2.10 bits per heavy atom. The lowest BCUT2D eigenvalue weighted by Crippen LogP contribution is -2.10. The van der Waals surface area contributed by atoms with Crippen molar-refractivity contribution >= 4 is 32.2 Å². The lowest BCUT2D eigenvalue weighted by Gasteiger charge is -2.18.